The molecule has 0 bridgehead atoms. The van der Waals surface area contributed by atoms with Crippen LogP contribution in [0.1, 0.15) is 38.4 Å². The quantitative estimate of drug-likeness (QED) is 0.725. The molecule has 6 nitrogen and oxygen atoms in total. The average Bonchev–Trinajstić information content (AvgIpc) is 2.75. The van der Waals surface area contributed by atoms with Crippen LogP contribution in [0.4, 0.5) is 0 Å². The number of rotatable bonds is 6. The van der Waals surface area contributed by atoms with Gasteiger partial charge < -0.3 is 11.1 Å². The number of hydrogen-bond acceptors (Lipinski definition) is 4. The number of aromatic nitrogens is 3. The van der Waals surface area contributed by atoms with Gasteiger partial charge in [0.1, 0.15) is 5.69 Å². The molecule has 0 aliphatic heterocycles. The topological polar surface area (TPSA) is 85.8 Å². The Morgan fingerprint density at radius 3 is 3.06 bits per heavy atom. The Morgan fingerprint density at radius 1 is 1.69 bits per heavy atom. The van der Waals surface area contributed by atoms with E-state index in [1.807, 2.05) is 10.9 Å². The van der Waals surface area contributed by atoms with Crippen molar-refractivity contribution >= 4 is 5.91 Å². The third-order valence-electron chi connectivity index (χ3n) is 2.37. The van der Waals surface area contributed by atoms with Gasteiger partial charge in [0.25, 0.3) is 0 Å². The standard InChI is InChI=1S/C10H19N5O/c1-3-4-8(2)15-7-9(13-14-15)6-12-10(16)5-11/h7-8H,3-6,11H2,1-2H3,(H,12,16). The van der Waals surface area contributed by atoms with E-state index in [4.69, 9.17) is 5.73 Å². The summed E-state index contributed by atoms with van der Waals surface area (Å²) in [5.41, 5.74) is 5.93. The molecule has 1 aromatic rings. The minimum Gasteiger partial charge on any atom is -0.349 e. The van der Waals surface area contributed by atoms with Crippen molar-refractivity contribution in [2.45, 2.75) is 39.3 Å². The summed E-state index contributed by atoms with van der Waals surface area (Å²) in [7, 11) is 0. The Balaban J connectivity index is 2.48. The highest BCUT2D eigenvalue weighted by Gasteiger charge is 2.07. The number of hydrogen-bond donors (Lipinski definition) is 2. The van der Waals surface area contributed by atoms with Gasteiger partial charge in [-0.25, -0.2) is 4.68 Å². The molecule has 1 aromatic heterocycles. The zero-order valence-electron chi connectivity index (χ0n) is 9.81. The van der Waals surface area contributed by atoms with Crippen molar-refractivity contribution in [2.24, 2.45) is 5.73 Å². The zero-order valence-corrected chi connectivity index (χ0v) is 9.81. The van der Waals surface area contributed by atoms with Crippen LogP contribution in [0.2, 0.25) is 0 Å². The van der Waals surface area contributed by atoms with Gasteiger partial charge in [-0.1, -0.05) is 18.6 Å². The van der Waals surface area contributed by atoms with Crippen molar-refractivity contribution in [3.05, 3.63) is 11.9 Å². The predicted molar refractivity (Wildman–Crippen MR) is 60.5 cm³/mol. The van der Waals surface area contributed by atoms with E-state index >= 15 is 0 Å². The molecule has 0 spiro atoms. The second kappa shape index (κ2) is 6.22. The molecule has 0 aliphatic rings. The minimum absolute atomic E-state index is 0.000372. The van der Waals surface area contributed by atoms with E-state index < -0.39 is 0 Å². The third-order valence-corrected chi connectivity index (χ3v) is 2.37. The number of nitrogens with two attached hydrogens (primary N) is 1. The van der Waals surface area contributed by atoms with Crippen LogP contribution in [0.5, 0.6) is 0 Å². The van der Waals surface area contributed by atoms with Gasteiger partial charge in [0.05, 0.1) is 25.3 Å². The maximum Gasteiger partial charge on any atom is 0.234 e. The highest BCUT2D eigenvalue weighted by molar-refractivity contribution is 5.77. The van der Waals surface area contributed by atoms with Crippen LogP contribution >= 0.6 is 0 Å². The number of nitrogens with one attached hydrogen (secondary N) is 1. The van der Waals surface area contributed by atoms with Crippen molar-refractivity contribution in [2.75, 3.05) is 6.54 Å². The zero-order chi connectivity index (χ0) is 12.0. The maximum atomic E-state index is 10.9. The summed E-state index contributed by atoms with van der Waals surface area (Å²) < 4.78 is 1.83. The van der Waals surface area contributed by atoms with E-state index in [0.717, 1.165) is 18.5 Å². The van der Waals surface area contributed by atoms with Crippen LogP contribution in [0.25, 0.3) is 0 Å². The molecule has 16 heavy (non-hydrogen) atoms. The van der Waals surface area contributed by atoms with E-state index in [0.29, 0.717) is 12.6 Å². The molecule has 1 amide bonds. The number of amides is 1. The van der Waals surface area contributed by atoms with Crippen LogP contribution in [0.15, 0.2) is 6.20 Å². The molecule has 1 rings (SSSR count). The Labute approximate surface area is 95.2 Å². The largest absolute Gasteiger partial charge is 0.349 e. The molecule has 1 unspecified atom stereocenters. The molecule has 90 valence electrons. The van der Waals surface area contributed by atoms with Crippen LogP contribution < -0.4 is 11.1 Å². The van der Waals surface area contributed by atoms with E-state index in [1.165, 1.54) is 0 Å². The van der Waals surface area contributed by atoms with Gasteiger partial charge in [0.15, 0.2) is 0 Å². The fourth-order valence-corrected chi connectivity index (χ4v) is 1.42. The van der Waals surface area contributed by atoms with Gasteiger partial charge in [0.2, 0.25) is 5.91 Å². The first-order valence-corrected chi connectivity index (χ1v) is 5.54. The molecule has 6 heteroatoms. The minimum atomic E-state index is -0.184. The molecule has 0 saturated heterocycles. The summed E-state index contributed by atoms with van der Waals surface area (Å²) in [6.07, 6.45) is 4.04. The van der Waals surface area contributed by atoms with Crippen LogP contribution in [-0.2, 0) is 11.3 Å². The Hall–Kier alpha value is -1.43. The molecule has 0 aliphatic carbocycles. The first-order valence-electron chi connectivity index (χ1n) is 5.54. The molecular formula is C10H19N5O. The molecular weight excluding hydrogens is 206 g/mol. The molecule has 1 atom stereocenters. The van der Waals surface area contributed by atoms with Crippen LogP contribution in [0.3, 0.4) is 0 Å². The van der Waals surface area contributed by atoms with E-state index in [2.05, 4.69) is 29.5 Å². The Morgan fingerprint density at radius 2 is 2.44 bits per heavy atom. The molecule has 3 N–H and O–H groups in total. The molecule has 0 saturated carbocycles. The molecule has 0 aromatic carbocycles. The summed E-state index contributed by atoms with van der Waals surface area (Å²) in [5.74, 6) is -0.184. The predicted octanol–water partition coefficient (Wildman–Crippen LogP) is 0.214. The monoisotopic (exact) mass is 225 g/mol. The van der Waals surface area contributed by atoms with Crippen LogP contribution in [0, 0.1) is 0 Å². The number of carbonyl (C=O) groups excluding carboxylic acids is 1. The second-order valence-electron chi connectivity index (χ2n) is 3.81. The summed E-state index contributed by atoms with van der Waals surface area (Å²) in [5, 5.41) is 10.7. The van der Waals surface area contributed by atoms with E-state index in [9.17, 15) is 4.79 Å². The lowest BCUT2D eigenvalue weighted by Gasteiger charge is -2.08. The van der Waals surface area contributed by atoms with Gasteiger partial charge in [-0.2, -0.15) is 0 Å². The second-order valence-corrected chi connectivity index (χ2v) is 3.81. The fourth-order valence-electron chi connectivity index (χ4n) is 1.42. The summed E-state index contributed by atoms with van der Waals surface area (Å²) >= 11 is 0. The lowest BCUT2D eigenvalue weighted by molar-refractivity contribution is -0.119. The molecule has 1 heterocycles. The van der Waals surface area contributed by atoms with Gasteiger partial charge in [0, 0.05) is 0 Å². The van der Waals surface area contributed by atoms with Gasteiger partial charge in [-0.15, -0.1) is 5.10 Å². The van der Waals surface area contributed by atoms with E-state index in [1.54, 1.807) is 0 Å². The average molecular weight is 225 g/mol. The van der Waals surface area contributed by atoms with Crippen molar-refractivity contribution in [1.29, 1.82) is 0 Å². The summed E-state index contributed by atoms with van der Waals surface area (Å²) in [6.45, 7) is 4.62. The van der Waals surface area contributed by atoms with Crippen molar-refractivity contribution in [1.82, 2.24) is 20.3 Å². The molecule has 0 fully saturated rings. The van der Waals surface area contributed by atoms with Crippen LogP contribution in [-0.4, -0.2) is 27.4 Å². The van der Waals surface area contributed by atoms with Crippen molar-refractivity contribution in [3.8, 4) is 0 Å². The number of nitrogens with zero attached hydrogens (tertiary/aromatic N) is 3. The Bertz CT molecular complexity index is 336. The first-order chi connectivity index (χ1) is 7.67. The van der Waals surface area contributed by atoms with Crippen molar-refractivity contribution < 1.29 is 4.79 Å². The summed E-state index contributed by atoms with van der Waals surface area (Å²) in [4.78, 5) is 10.9. The highest BCUT2D eigenvalue weighted by atomic mass is 16.1. The normalized spacial score (nSPS) is 12.4. The van der Waals surface area contributed by atoms with Gasteiger partial charge in [-0.05, 0) is 13.3 Å². The SMILES string of the molecule is CCCC(C)n1cc(CNC(=O)CN)nn1. The number of carbonyl (C=O) groups is 1. The molecule has 0 radical (unpaired) electrons. The lowest BCUT2D eigenvalue weighted by Crippen LogP contribution is -2.29. The maximum absolute atomic E-state index is 10.9. The highest BCUT2D eigenvalue weighted by Crippen LogP contribution is 2.10. The smallest absolute Gasteiger partial charge is 0.234 e. The summed E-state index contributed by atoms with van der Waals surface area (Å²) in [6, 6.07) is 0.344. The van der Waals surface area contributed by atoms with E-state index in [-0.39, 0.29) is 12.5 Å². The van der Waals surface area contributed by atoms with Crippen molar-refractivity contribution in [3.63, 3.8) is 0 Å². The lowest BCUT2D eigenvalue weighted by atomic mass is 10.2. The Kier molecular flexibility index (Phi) is 4.91. The third kappa shape index (κ3) is 3.62. The van der Waals surface area contributed by atoms with Gasteiger partial charge in [-0.3, -0.25) is 4.79 Å². The first kappa shape index (κ1) is 12.6. The fraction of sp³-hybridized carbons (Fsp3) is 0.700. The van der Waals surface area contributed by atoms with Gasteiger partial charge >= 0.3 is 0 Å².